The van der Waals surface area contributed by atoms with Crippen molar-refractivity contribution in [2.24, 2.45) is 7.05 Å². The quantitative estimate of drug-likeness (QED) is 0.804. The number of nitrogens with zero attached hydrogens (tertiary/aromatic N) is 3. The zero-order valence-electron chi connectivity index (χ0n) is 10.4. The lowest BCUT2D eigenvalue weighted by Crippen LogP contribution is -2.13. The van der Waals surface area contributed by atoms with Crippen molar-refractivity contribution in [3.8, 4) is 0 Å². The van der Waals surface area contributed by atoms with Crippen molar-refractivity contribution in [3.05, 3.63) is 46.3 Å². The highest BCUT2D eigenvalue weighted by Crippen LogP contribution is 2.34. The standard InChI is InChI=1S/C13H13ClN4S/c1-18-8-16-12(17-18)7-15-6-11-13(14)9-4-2-3-5-10(9)19-11/h2-5,8,15H,6-7H2,1H3. The van der Waals surface area contributed by atoms with Gasteiger partial charge in [0.1, 0.15) is 6.33 Å². The van der Waals surface area contributed by atoms with Crippen molar-refractivity contribution in [3.63, 3.8) is 0 Å². The van der Waals surface area contributed by atoms with Crippen molar-refractivity contribution in [1.29, 1.82) is 0 Å². The maximum absolute atomic E-state index is 6.38. The molecule has 2 heterocycles. The molecule has 4 nitrogen and oxygen atoms in total. The first-order chi connectivity index (χ1) is 9.24. The van der Waals surface area contributed by atoms with Gasteiger partial charge in [0, 0.05) is 28.6 Å². The fourth-order valence-corrected chi connectivity index (χ4v) is 3.40. The van der Waals surface area contributed by atoms with Gasteiger partial charge in [-0.3, -0.25) is 4.68 Å². The van der Waals surface area contributed by atoms with Gasteiger partial charge >= 0.3 is 0 Å². The highest BCUT2D eigenvalue weighted by atomic mass is 35.5. The van der Waals surface area contributed by atoms with Gasteiger partial charge in [0.25, 0.3) is 0 Å². The van der Waals surface area contributed by atoms with E-state index in [1.54, 1.807) is 22.3 Å². The van der Waals surface area contributed by atoms with Gasteiger partial charge in [-0.25, -0.2) is 4.98 Å². The van der Waals surface area contributed by atoms with Crippen LogP contribution >= 0.6 is 22.9 Å². The van der Waals surface area contributed by atoms with Crippen LogP contribution in [0.5, 0.6) is 0 Å². The third-order valence-electron chi connectivity index (χ3n) is 2.82. The maximum Gasteiger partial charge on any atom is 0.164 e. The summed E-state index contributed by atoms with van der Waals surface area (Å²) >= 11 is 8.10. The predicted molar refractivity (Wildman–Crippen MR) is 78.4 cm³/mol. The molecule has 0 fully saturated rings. The first-order valence-corrected chi connectivity index (χ1v) is 7.14. The number of hydrogen-bond donors (Lipinski definition) is 1. The van der Waals surface area contributed by atoms with E-state index in [1.165, 1.54) is 4.70 Å². The van der Waals surface area contributed by atoms with Crippen LogP contribution in [0.4, 0.5) is 0 Å². The first-order valence-electron chi connectivity index (χ1n) is 5.95. The number of aromatic nitrogens is 3. The van der Waals surface area contributed by atoms with Crippen molar-refractivity contribution in [2.45, 2.75) is 13.1 Å². The van der Waals surface area contributed by atoms with Crippen LogP contribution in [0, 0.1) is 0 Å². The minimum atomic E-state index is 0.644. The topological polar surface area (TPSA) is 42.7 Å². The summed E-state index contributed by atoms with van der Waals surface area (Å²) in [4.78, 5) is 5.32. The minimum Gasteiger partial charge on any atom is -0.305 e. The summed E-state index contributed by atoms with van der Waals surface area (Å²) in [5.41, 5.74) is 0. The van der Waals surface area contributed by atoms with Gasteiger partial charge in [0.2, 0.25) is 0 Å². The summed E-state index contributed by atoms with van der Waals surface area (Å²) in [6.45, 7) is 1.38. The number of hydrogen-bond acceptors (Lipinski definition) is 4. The molecule has 1 aromatic carbocycles. The van der Waals surface area contributed by atoms with Crippen LogP contribution in [0.25, 0.3) is 10.1 Å². The van der Waals surface area contributed by atoms with Crippen molar-refractivity contribution < 1.29 is 0 Å². The molecule has 0 radical (unpaired) electrons. The second-order valence-corrected chi connectivity index (χ2v) is 5.79. The van der Waals surface area contributed by atoms with Crippen LogP contribution in [0.2, 0.25) is 5.02 Å². The smallest absolute Gasteiger partial charge is 0.164 e. The van der Waals surface area contributed by atoms with Crippen LogP contribution in [0.15, 0.2) is 30.6 Å². The number of fused-ring (bicyclic) bond motifs is 1. The number of rotatable bonds is 4. The number of benzene rings is 1. The Bertz CT molecular complexity index is 704. The monoisotopic (exact) mass is 292 g/mol. The highest BCUT2D eigenvalue weighted by Gasteiger charge is 2.09. The largest absolute Gasteiger partial charge is 0.305 e. The van der Waals surface area contributed by atoms with Gasteiger partial charge in [0.05, 0.1) is 11.6 Å². The Morgan fingerprint density at radius 2 is 2.16 bits per heavy atom. The van der Waals surface area contributed by atoms with Gasteiger partial charge in [-0.05, 0) is 6.07 Å². The summed E-state index contributed by atoms with van der Waals surface area (Å²) < 4.78 is 2.92. The second kappa shape index (κ2) is 5.28. The second-order valence-electron chi connectivity index (χ2n) is 4.27. The van der Waals surface area contributed by atoms with E-state index in [1.807, 2.05) is 19.2 Å². The molecule has 0 atom stereocenters. The molecule has 19 heavy (non-hydrogen) atoms. The highest BCUT2D eigenvalue weighted by molar-refractivity contribution is 7.19. The van der Waals surface area contributed by atoms with Crippen LogP contribution in [-0.2, 0) is 20.1 Å². The van der Waals surface area contributed by atoms with E-state index in [2.05, 4.69) is 27.5 Å². The van der Waals surface area contributed by atoms with Crippen molar-refractivity contribution in [2.75, 3.05) is 0 Å². The first kappa shape index (κ1) is 12.6. The summed E-state index contributed by atoms with van der Waals surface area (Å²) in [6, 6.07) is 8.19. The number of halogens is 1. The van der Waals surface area contributed by atoms with Crippen molar-refractivity contribution >= 4 is 33.0 Å². The molecule has 6 heteroatoms. The molecular formula is C13H13ClN4S. The van der Waals surface area contributed by atoms with E-state index in [9.17, 15) is 0 Å². The fraction of sp³-hybridized carbons (Fsp3) is 0.231. The van der Waals surface area contributed by atoms with Gasteiger partial charge in [-0.1, -0.05) is 29.8 Å². The molecule has 1 N–H and O–H groups in total. The summed E-state index contributed by atoms with van der Waals surface area (Å²) in [6.07, 6.45) is 1.70. The Balaban J connectivity index is 1.70. The lowest BCUT2D eigenvalue weighted by molar-refractivity contribution is 0.654. The number of nitrogens with one attached hydrogen (secondary N) is 1. The molecule has 0 aliphatic heterocycles. The minimum absolute atomic E-state index is 0.644. The van der Waals surface area contributed by atoms with E-state index < -0.39 is 0 Å². The van der Waals surface area contributed by atoms with Crippen LogP contribution < -0.4 is 5.32 Å². The molecule has 0 spiro atoms. The molecule has 0 amide bonds. The maximum atomic E-state index is 6.38. The third kappa shape index (κ3) is 2.63. The average molecular weight is 293 g/mol. The zero-order valence-corrected chi connectivity index (χ0v) is 12.0. The Morgan fingerprint density at radius 1 is 1.32 bits per heavy atom. The third-order valence-corrected chi connectivity index (χ3v) is 4.53. The lowest BCUT2D eigenvalue weighted by Gasteiger charge is -2.00. The Hall–Kier alpha value is -1.43. The molecule has 3 aromatic rings. The van der Waals surface area contributed by atoms with E-state index in [-0.39, 0.29) is 0 Å². The number of aryl methyl sites for hydroxylation is 1. The molecule has 0 unspecified atom stereocenters. The molecule has 0 saturated carbocycles. The summed E-state index contributed by atoms with van der Waals surface area (Å²) in [5, 5.41) is 9.52. The summed E-state index contributed by atoms with van der Waals surface area (Å²) in [5.74, 6) is 0.791. The summed E-state index contributed by atoms with van der Waals surface area (Å²) in [7, 11) is 1.86. The number of thiophene rings is 1. The molecule has 2 aromatic heterocycles. The SMILES string of the molecule is Cn1cnc(CNCc2sc3ccccc3c2Cl)n1. The lowest BCUT2D eigenvalue weighted by atomic mass is 10.2. The Morgan fingerprint density at radius 3 is 2.89 bits per heavy atom. The van der Waals surface area contributed by atoms with Gasteiger partial charge in [-0.15, -0.1) is 11.3 Å². The van der Waals surface area contributed by atoms with Crippen molar-refractivity contribution in [1.82, 2.24) is 20.1 Å². The molecule has 0 aliphatic carbocycles. The van der Waals surface area contributed by atoms with Gasteiger partial charge in [-0.2, -0.15) is 5.10 Å². The van der Waals surface area contributed by atoms with Crippen LogP contribution in [0.1, 0.15) is 10.7 Å². The molecule has 0 aliphatic rings. The Labute approximate surface area is 120 Å². The zero-order chi connectivity index (χ0) is 13.2. The van der Waals surface area contributed by atoms with Gasteiger partial charge in [0.15, 0.2) is 5.82 Å². The molecule has 0 saturated heterocycles. The predicted octanol–water partition coefficient (Wildman–Crippen LogP) is 2.97. The molecular weight excluding hydrogens is 280 g/mol. The Kier molecular flexibility index (Phi) is 3.50. The molecule has 98 valence electrons. The van der Waals surface area contributed by atoms with E-state index in [4.69, 9.17) is 11.6 Å². The fourth-order valence-electron chi connectivity index (χ4n) is 1.93. The normalized spacial score (nSPS) is 11.3. The molecule has 3 rings (SSSR count). The van der Waals surface area contributed by atoms with E-state index in [0.717, 1.165) is 27.7 Å². The van der Waals surface area contributed by atoms with Crippen LogP contribution in [-0.4, -0.2) is 14.8 Å². The average Bonchev–Trinajstić information content (AvgIpc) is 2.96. The van der Waals surface area contributed by atoms with Gasteiger partial charge < -0.3 is 5.32 Å². The van der Waals surface area contributed by atoms with Crippen LogP contribution in [0.3, 0.4) is 0 Å². The molecule has 0 bridgehead atoms. The van der Waals surface area contributed by atoms with E-state index >= 15 is 0 Å². The van der Waals surface area contributed by atoms with E-state index in [0.29, 0.717) is 6.54 Å².